The molecule has 0 radical (unpaired) electrons. The Labute approximate surface area is 209 Å². The van der Waals surface area contributed by atoms with Crippen molar-refractivity contribution >= 4 is 28.7 Å². The quantitative estimate of drug-likeness (QED) is 0.565. The van der Waals surface area contributed by atoms with Gasteiger partial charge in [0.05, 0.1) is 23.7 Å². The molecule has 182 valence electrons. The van der Waals surface area contributed by atoms with Gasteiger partial charge in [-0.05, 0) is 37.8 Å². The molecule has 2 heterocycles. The Bertz CT molecular complexity index is 1200. The lowest BCUT2D eigenvalue weighted by Gasteiger charge is -2.38. The van der Waals surface area contributed by atoms with Crippen LogP contribution in [0.15, 0.2) is 82.0 Å². The number of nitrogens with one attached hydrogen (secondary N) is 1. The number of hydrogen-bond acceptors (Lipinski definition) is 5. The van der Waals surface area contributed by atoms with Crippen LogP contribution in [0, 0.1) is 5.82 Å². The van der Waals surface area contributed by atoms with Crippen LogP contribution in [0.1, 0.15) is 44.4 Å². The summed E-state index contributed by atoms with van der Waals surface area (Å²) in [4.78, 5) is 34.7. The van der Waals surface area contributed by atoms with Gasteiger partial charge >= 0.3 is 0 Å². The third-order valence-electron chi connectivity index (χ3n) is 6.16. The second kappa shape index (κ2) is 10.9. The monoisotopic (exact) mass is 492 g/mol. The fourth-order valence-corrected chi connectivity index (χ4v) is 5.30. The number of hydrogen-bond donors (Lipinski definition) is 1. The van der Waals surface area contributed by atoms with Crippen LogP contribution in [0.5, 0.6) is 0 Å². The molecule has 4 rings (SSSR count). The molecule has 2 aromatic rings. The first kappa shape index (κ1) is 24.7. The second-order valence-corrected chi connectivity index (χ2v) is 9.17. The SMILES string of the molecule is CCN(CC)C(=O)C1=C(C)N=C2SC=C(CC(=O)NCc3ccccc3)N2[C@@H]1c1ccccc1F. The van der Waals surface area contributed by atoms with Gasteiger partial charge in [0.1, 0.15) is 5.82 Å². The Hall–Kier alpha value is -3.39. The molecule has 6 nitrogen and oxygen atoms in total. The first-order valence-corrected chi connectivity index (χ1v) is 12.6. The molecule has 1 N–H and O–H groups in total. The smallest absolute Gasteiger partial charge is 0.254 e. The van der Waals surface area contributed by atoms with E-state index in [0.29, 0.717) is 47.3 Å². The number of aliphatic imine (C=N–C) groups is 1. The molecule has 2 aliphatic rings. The van der Waals surface area contributed by atoms with Crippen molar-refractivity contribution in [3.8, 4) is 0 Å². The zero-order valence-corrected chi connectivity index (χ0v) is 20.9. The third kappa shape index (κ3) is 5.17. The van der Waals surface area contributed by atoms with Gasteiger partial charge in [0.15, 0.2) is 5.17 Å². The van der Waals surface area contributed by atoms with Crippen LogP contribution in [0.2, 0.25) is 0 Å². The van der Waals surface area contributed by atoms with Crippen LogP contribution in [0.3, 0.4) is 0 Å². The van der Waals surface area contributed by atoms with Gasteiger partial charge in [0.2, 0.25) is 5.91 Å². The minimum atomic E-state index is -0.708. The number of halogens is 1. The van der Waals surface area contributed by atoms with Crippen molar-refractivity contribution in [2.75, 3.05) is 13.1 Å². The molecule has 2 aromatic carbocycles. The molecule has 2 aliphatic heterocycles. The van der Waals surface area contributed by atoms with Crippen molar-refractivity contribution in [1.29, 1.82) is 0 Å². The molecule has 0 aliphatic carbocycles. The van der Waals surface area contributed by atoms with E-state index in [4.69, 9.17) is 0 Å². The van der Waals surface area contributed by atoms with E-state index in [9.17, 15) is 9.59 Å². The maximum atomic E-state index is 15.1. The maximum absolute atomic E-state index is 15.1. The average Bonchev–Trinajstić information content (AvgIpc) is 3.25. The van der Waals surface area contributed by atoms with E-state index in [1.54, 1.807) is 30.0 Å². The van der Waals surface area contributed by atoms with Crippen molar-refractivity contribution < 1.29 is 14.0 Å². The molecular formula is C27H29FN4O2S. The van der Waals surface area contributed by atoms with Crippen molar-refractivity contribution in [2.45, 2.75) is 39.8 Å². The molecule has 0 saturated carbocycles. The van der Waals surface area contributed by atoms with E-state index >= 15 is 4.39 Å². The van der Waals surface area contributed by atoms with Gasteiger partial charge in [0.25, 0.3) is 5.91 Å². The number of amides is 2. The highest BCUT2D eigenvalue weighted by atomic mass is 32.2. The summed E-state index contributed by atoms with van der Waals surface area (Å²) in [6, 6.07) is 15.5. The predicted octanol–water partition coefficient (Wildman–Crippen LogP) is 4.98. The van der Waals surface area contributed by atoms with Gasteiger partial charge in [0, 0.05) is 30.9 Å². The summed E-state index contributed by atoms with van der Waals surface area (Å²) in [5.41, 5.74) is 3.07. The second-order valence-electron chi connectivity index (χ2n) is 8.33. The van der Waals surface area contributed by atoms with Crippen LogP contribution >= 0.6 is 11.8 Å². The molecule has 0 aromatic heterocycles. The number of likely N-dealkylation sites (N-methyl/N-ethyl adjacent to an activating group) is 1. The molecule has 8 heteroatoms. The number of fused-ring (bicyclic) bond motifs is 1. The van der Waals surface area contributed by atoms with Gasteiger partial charge in [-0.15, -0.1) is 0 Å². The number of nitrogens with zero attached hydrogens (tertiary/aromatic N) is 3. The molecule has 0 spiro atoms. The fraction of sp³-hybridized carbons (Fsp3) is 0.296. The average molecular weight is 493 g/mol. The zero-order valence-electron chi connectivity index (χ0n) is 20.1. The number of rotatable bonds is 8. The van der Waals surface area contributed by atoms with Crippen LogP contribution in [-0.2, 0) is 16.1 Å². The van der Waals surface area contributed by atoms with E-state index in [1.165, 1.54) is 17.8 Å². The summed E-state index contributed by atoms with van der Waals surface area (Å²) < 4.78 is 15.1. The van der Waals surface area contributed by atoms with Crippen LogP contribution in [0.25, 0.3) is 0 Å². The van der Waals surface area contributed by atoms with Gasteiger partial charge in [-0.3, -0.25) is 9.59 Å². The number of allylic oxidation sites excluding steroid dienone is 1. The normalized spacial score (nSPS) is 17.0. The summed E-state index contributed by atoms with van der Waals surface area (Å²) in [6.45, 7) is 7.11. The number of thioether (sulfide) groups is 1. The number of carbonyl (C=O) groups is 2. The predicted molar refractivity (Wildman–Crippen MR) is 138 cm³/mol. The summed E-state index contributed by atoms with van der Waals surface area (Å²) >= 11 is 1.38. The molecule has 0 fully saturated rings. The van der Waals surface area contributed by atoms with Crippen molar-refractivity contribution in [3.63, 3.8) is 0 Å². The Morgan fingerprint density at radius 2 is 1.77 bits per heavy atom. The van der Waals surface area contributed by atoms with Crippen molar-refractivity contribution in [1.82, 2.24) is 15.1 Å². The van der Waals surface area contributed by atoms with Crippen LogP contribution in [-0.4, -0.2) is 39.9 Å². The number of benzene rings is 2. The molecule has 1 atom stereocenters. The fourth-order valence-electron chi connectivity index (χ4n) is 4.34. The zero-order chi connectivity index (χ0) is 24.9. The Kier molecular flexibility index (Phi) is 7.70. The minimum Gasteiger partial charge on any atom is -0.352 e. The van der Waals surface area contributed by atoms with E-state index in [0.717, 1.165) is 5.56 Å². The lowest BCUT2D eigenvalue weighted by molar-refractivity contribution is -0.127. The first-order chi connectivity index (χ1) is 16.9. The standard InChI is InChI=1S/C27H29FN4O2S/c1-4-31(5-2)26(34)24-18(3)30-27-32(25(24)21-13-9-10-14-22(21)28)20(17-35-27)15-23(33)29-16-19-11-7-6-8-12-19/h6-14,17,25H,4-5,15-16H2,1-3H3,(H,29,33)/t25-/m1/s1. The Morgan fingerprint density at radius 1 is 1.09 bits per heavy atom. The molecule has 0 bridgehead atoms. The molecule has 2 amide bonds. The highest BCUT2D eigenvalue weighted by Crippen LogP contribution is 2.45. The Balaban J connectivity index is 1.65. The van der Waals surface area contributed by atoms with E-state index in [-0.39, 0.29) is 18.2 Å². The number of carbonyl (C=O) groups excluding carboxylic acids is 2. The molecule has 35 heavy (non-hydrogen) atoms. The maximum Gasteiger partial charge on any atom is 0.254 e. The topological polar surface area (TPSA) is 65.0 Å². The summed E-state index contributed by atoms with van der Waals surface area (Å²) in [6.07, 6.45) is 0.0929. The number of amidine groups is 1. The highest BCUT2D eigenvalue weighted by Gasteiger charge is 2.42. The van der Waals surface area contributed by atoms with E-state index < -0.39 is 11.9 Å². The minimum absolute atomic E-state index is 0.0929. The Morgan fingerprint density at radius 3 is 2.46 bits per heavy atom. The summed E-state index contributed by atoms with van der Waals surface area (Å²) in [5, 5.41) is 5.45. The van der Waals surface area contributed by atoms with Crippen molar-refractivity contribution in [3.05, 3.63) is 93.9 Å². The lowest BCUT2D eigenvalue weighted by atomic mass is 9.92. The van der Waals surface area contributed by atoms with E-state index in [1.807, 2.05) is 54.5 Å². The third-order valence-corrected chi connectivity index (χ3v) is 7.04. The van der Waals surface area contributed by atoms with Gasteiger partial charge < -0.3 is 15.1 Å². The van der Waals surface area contributed by atoms with Crippen LogP contribution < -0.4 is 5.32 Å². The lowest BCUT2D eigenvalue weighted by Crippen LogP contribution is -2.42. The van der Waals surface area contributed by atoms with Gasteiger partial charge in [-0.25, -0.2) is 9.38 Å². The summed E-state index contributed by atoms with van der Waals surface area (Å²) in [5.74, 6) is -0.730. The first-order valence-electron chi connectivity index (χ1n) is 11.7. The molecule has 0 saturated heterocycles. The van der Waals surface area contributed by atoms with E-state index in [2.05, 4.69) is 10.3 Å². The molecular weight excluding hydrogens is 463 g/mol. The largest absolute Gasteiger partial charge is 0.352 e. The highest BCUT2D eigenvalue weighted by molar-refractivity contribution is 8.16. The summed E-state index contributed by atoms with van der Waals surface area (Å²) in [7, 11) is 0. The molecule has 0 unspecified atom stereocenters. The van der Waals surface area contributed by atoms with Gasteiger partial charge in [-0.1, -0.05) is 60.3 Å². The van der Waals surface area contributed by atoms with Crippen LogP contribution in [0.4, 0.5) is 4.39 Å². The van der Waals surface area contributed by atoms with Crippen molar-refractivity contribution in [2.24, 2.45) is 4.99 Å². The van der Waals surface area contributed by atoms with Gasteiger partial charge in [-0.2, -0.15) is 0 Å².